The molecule has 1 amide bonds. The minimum atomic E-state index is -0.361. The number of carbonyl (C=O) groups is 1. The third-order valence-electron chi connectivity index (χ3n) is 1.43. The molecule has 0 aromatic carbocycles. The van der Waals surface area contributed by atoms with E-state index in [1.165, 1.54) is 6.08 Å². The summed E-state index contributed by atoms with van der Waals surface area (Å²) in [6.45, 7) is 6.41. The maximum atomic E-state index is 10.3. The van der Waals surface area contributed by atoms with E-state index in [-0.39, 0.29) is 5.91 Å². The number of amides is 1. The minimum Gasteiger partial charge on any atom is -0.366 e. The average Bonchev–Trinajstić information content (AvgIpc) is 1.82. The molecule has 1 atom stereocenters. The average molecular weight is 155 g/mol. The first-order valence-corrected chi connectivity index (χ1v) is 4.00. The Morgan fingerprint density at radius 1 is 1.45 bits per heavy atom. The summed E-state index contributed by atoms with van der Waals surface area (Å²) >= 11 is 0. The monoisotopic (exact) mass is 155 g/mol. The molecular formula is C9H17NO. The van der Waals surface area contributed by atoms with E-state index in [0.717, 1.165) is 6.42 Å². The lowest BCUT2D eigenvalue weighted by Gasteiger charge is -2.07. The number of hydrogen-bond acceptors (Lipinski definition) is 1. The molecule has 0 aliphatic rings. The van der Waals surface area contributed by atoms with Crippen LogP contribution in [-0.4, -0.2) is 5.91 Å². The van der Waals surface area contributed by atoms with Crippen molar-refractivity contribution < 1.29 is 4.79 Å². The van der Waals surface area contributed by atoms with Crippen LogP contribution in [0.1, 0.15) is 27.2 Å². The number of hydrogen-bond donors (Lipinski definition) is 1. The molecule has 2 nitrogen and oxygen atoms in total. The lowest BCUT2D eigenvalue weighted by atomic mass is 9.99. The van der Waals surface area contributed by atoms with Gasteiger partial charge >= 0.3 is 0 Å². The summed E-state index contributed by atoms with van der Waals surface area (Å²) in [5.41, 5.74) is 4.95. The predicted molar refractivity (Wildman–Crippen MR) is 47.0 cm³/mol. The van der Waals surface area contributed by atoms with Crippen LogP contribution in [0.4, 0.5) is 0 Å². The van der Waals surface area contributed by atoms with E-state index in [1.807, 2.05) is 6.08 Å². The van der Waals surface area contributed by atoms with Gasteiger partial charge in [0, 0.05) is 0 Å². The van der Waals surface area contributed by atoms with Crippen molar-refractivity contribution in [2.75, 3.05) is 0 Å². The van der Waals surface area contributed by atoms with Gasteiger partial charge in [0.25, 0.3) is 0 Å². The Hall–Kier alpha value is -0.790. The summed E-state index contributed by atoms with van der Waals surface area (Å²) in [7, 11) is 0. The van der Waals surface area contributed by atoms with E-state index in [1.54, 1.807) is 0 Å². The molecule has 0 aliphatic carbocycles. The molecule has 0 saturated heterocycles. The van der Waals surface area contributed by atoms with Crippen molar-refractivity contribution in [3.05, 3.63) is 12.2 Å². The van der Waals surface area contributed by atoms with Crippen LogP contribution in [0.25, 0.3) is 0 Å². The normalized spacial score (nSPS) is 14.2. The first-order valence-electron chi connectivity index (χ1n) is 4.00. The number of primary amides is 1. The Balaban J connectivity index is 3.68. The zero-order valence-electron chi connectivity index (χ0n) is 7.50. The Bertz CT molecular complexity index is 150. The van der Waals surface area contributed by atoms with Gasteiger partial charge in [-0.05, 0) is 24.3 Å². The second kappa shape index (κ2) is 4.94. The van der Waals surface area contributed by atoms with Crippen molar-refractivity contribution in [3.8, 4) is 0 Å². The molecule has 1 unspecified atom stereocenters. The molecular weight excluding hydrogens is 138 g/mol. The highest BCUT2D eigenvalue weighted by Crippen LogP contribution is 2.11. The molecule has 64 valence electrons. The van der Waals surface area contributed by atoms with Gasteiger partial charge in [0.1, 0.15) is 0 Å². The first-order chi connectivity index (χ1) is 5.02. The highest BCUT2D eigenvalue weighted by atomic mass is 16.1. The molecule has 2 N–H and O–H groups in total. The van der Waals surface area contributed by atoms with Crippen molar-refractivity contribution in [1.29, 1.82) is 0 Å². The van der Waals surface area contributed by atoms with Crippen molar-refractivity contribution in [1.82, 2.24) is 0 Å². The van der Waals surface area contributed by atoms with Crippen LogP contribution < -0.4 is 5.73 Å². The molecule has 0 aliphatic heterocycles. The van der Waals surface area contributed by atoms with Crippen molar-refractivity contribution in [2.24, 2.45) is 17.6 Å². The van der Waals surface area contributed by atoms with E-state index in [0.29, 0.717) is 11.8 Å². The van der Waals surface area contributed by atoms with Gasteiger partial charge in [-0.2, -0.15) is 0 Å². The van der Waals surface area contributed by atoms with Crippen LogP contribution in [0, 0.1) is 11.8 Å². The molecule has 0 bridgehead atoms. The van der Waals surface area contributed by atoms with Crippen LogP contribution in [0.2, 0.25) is 0 Å². The van der Waals surface area contributed by atoms with Gasteiger partial charge in [-0.25, -0.2) is 0 Å². The first kappa shape index (κ1) is 10.2. The number of nitrogens with two attached hydrogens (primary N) is 1. The lowest BCUT2D eigenvalue weighted by molar-refractivity contribution is -0.113. The minimum absolute atomic E-state index is 0.361. The fourth-order valence-electron chi connectivity index (χ4n) is 1.08. The maximum Gasteiger partial charge on any atom is 0.241 e. The van der Waals surface area contributed by atoms with Crippen molar-refractivity contribution >= 4 is 5.91 Å². The van der Waals surface area contributed by atoms with Gasteiger partial charge in [-0.3, -0.25) is 4.79 Å². The molecule has 0 heterocycles. The summed E-state index contributed by atoms with van der Waals surface area (Å²) in [4.78, 5) is 10.3. The molecule has 11 heavy (non-hydrogen) atoms. The van der Waals surface area contributed by atoms with Gasteiger partial charge in [-0.1, -0.05) is 26.8 Å². The third-order valence-corrected chi connectivity index (χ3v) is 1.43. The van der Waals surface area contributed by atoms with E-state index >= 15 is 0 Å². The SMILES string of the molecule is CC(C)CC(C)C=CC(N)=O. The molecule has 0 saturated carbocycles. The van der Waals surface area contributed by atoms with E-state index < -0.39 is 0 Å². The summed E-state index contributed by atoms with van der Waals surface area (Å²) < 4.78 is 0. The highest BCUT2D eigenvalue weighted by Gasteiger charge is 2.00. The van der Waals surface area contributed by atoms with Crippen LogP contribution in [-0.2, 0) is 4.79 Å². The van der Waals surface area contributed by atoms with Crippen LogP contribution in [0.15, 0.2) is 12.2 Å². The number of allylic oxidation sites excluding steroid dienone is 1. The molecule has 0 spiro atoms. The molecule has 2 heteroatoms. The van der Waals surface area contributed by atoms with Crippen molar-refractivity contribution in [3.63, 3.8) is 0 Å². The fourth-order valence-corrected chi connectivity index (χ4v) is 1.08. The number of carbonyl (C=O) groups excluding carboxylic acids is 1. The quantitative estimate of drug-likeness (QED) is 0.617. The Morgan fingerprint density at radius 3 is 2.36 bits per heavy atom. The fraction of sp³-hybridized carbons (Fsp3) is 0.667. The zero-order chi connectivity index (χ0) is 8.85. The third kappa shape index (κ3) is 7.10. The summed E-state index contributed by atoms with van der Waals surface area (Å²) in [5, 5.41) is 0. The molecule has 0 aromatic rings. The molecule has 0 fully saturated rings. The van der Waals surface area contributed by atoms with Gasteiger partial charge < -0.3 is 5.73 Å². The maximum absolute atomic E-state index is 10.3. The van der Waals surface area contributed by atoms with Crippen LogP contribution in [0.5, 0.6) is 0 Å². The molecule has 0 rings (SSSR count). The van der Waals surface area contributed by atoms with Gasteiger partial charge in [-0.15, -0.1) is 0 Å². The molecule has 0 aromatic heterocycles. The zero-order valence-corrected chi connectivity index (χ0v) is 7.50. The van der Waals surface area contributed by atoms with Crippen LogP contribution in [0.3, 0.4) is 0 Å². The topological polar surface area (TPSA) is 43.1 Å². The Labute approximate surface area is 68.5 Å². The second-order valence-corrected chi connectivity index (χ2v) is 3.37. The smallest absolute Gasteiger partial charge is 0.241 e. The Kier molecular flexibility index (Phi) is 4.59. The van der Waals surface area contributed by atoms with E-state index in [4.69, 9.17) is 5.73 Å². The summed E-state index contributed by atoms with van der Waals surface area (Å²) in [5.74, 6) is 0.755. The summed E-state index contributed by atoms with van der Waals surface area (Å²) in [6.07, 6.45) is 4.40. The summed E-state index contributed by atoms with van der Waals surface area (Å²) in [6, 6.07) is 0. The number of rotatable bonds is 4. The lowest BCUT2D eigenvalue weighted by Crippen LogP contribution is -2.06. The second-order valence-electron chi connectivity index (χ2n) is 3.37. The largest absolute Gasteiger partial charge is 0.366 e. The van der Waals surface area contributed by atoms with Gasteiger partial charge in [0.2, 0.25) is 5.91 Å². The van der Waals surface area contributed by atoms with Crippen molar-refractivity contribution in [2.45, 2.75) is 27.2 Å². The van der Waals surface area contributed by atoms with E-state index in [9.17, 15) is 4.79 Å². The van der Waals surface area contributed by atoms with E-state index in [2.05, 4.69) is 20.8 Å². The van der Waals surface area contributed by atoms with Gasteiger partial charge in [0.15, 0.2) is 0 Å². The Morgan fingerprint density at radius 2 is 2.00 bits per heavy atom. The molecule has 0 radical (unpaired) electrons. The van der Waals surface area contributed by atoms with Crippen LogP contribution >= 0.6 is 0 Å². The van der Waals surface area contributed by atoms with Gasteiger partial charge in [0.05, 0.1) is 0 Å². The highest BCUT2D eigenvalue weighted by molar-refractivity contribution is 5.85. The standard InChI is InChI=1S/C9H17NO/c1-7(2)6-8(3)4-5-9(10)11/h4-5,7-8H,6H2,1-3H3,(H2,10,11). The predicted octanol–water partition coefficient (Wildman–Crippen LogP) is 1.71.